The molecule has 18 heavy (non-hydrogen) atoms. The molecular formula is C13H21N3O2. The van der Waals surface area contributed by atoms with Crippen molar-refractivity contribution in [3.63, 3.8) is 0 Å². The van der Waals surface area contributed by atoms with Crippen molar-refractivity contribution >= 4 is 11.4 Å². The highest BCUT2D eigenvalue weighted by Gasteiger charge is 2.18. The Bertz CT molecular complexity index is 390. The summed E-state index contributed by atoms with van der Waals surface area (Å²) in [4.78, 5) is 6.32. The molecule has 5 heteroatoms. The Morgan fingerprint density at radius 1 is 1.39 bits per heavy atom. The van der Waals surface area contributed by atoms with E-state index in [1.165, 1.54) is 0 Å². The lowest BCUT2D eigenvalue weighted by molar-refractivity contribution is 0.0904. The lowest BCUT2D eigenvalue weighted by atomic mass is 10.1. The Kier molecular flexibility index (Phi) is 4.25. The van der Waals surface area contributed by atoms with E-state index in [0.717, 1.165) is 37.4 Å². The van der Waals surface area contributed by atoms with Crippen molar-refractivity contribution in [1.82, 2.24) is 4.98 Å². The fraction of sp³-hybridized carbons (Fsp3) is 0.615. The summed E-state index contributed by atoms with van der Waals surface area (Å²) in [7, 11) is 5.69. The minimum absolute atomic E-state index is 0.426. The van der Waals surface area contributed by atoms with Crippen LogP contribution in [0.4, 0.5) is 11.4 Å². The molecule has 100 valence electrons. The zero-order valence-corrected chi connectivity index (χ0v) is 11.3. The third-order valence-corrected chi connectivity index (χ3v) is 3.14. The third kappa shape index (κ3) is 2.85. The molecule has 0 bridgehead atoms. The van der Waals surface area contributed by atoms with Crippen molar-refractivity contribution in [3.05, 3.63) is 12.3 Å². The van der Waals surface area contributed by atoms with Gasteiger partial charge in [0.1, 0.15) is 5.69 Å². The third-order valence-electron chi connectivity index (χ3n) is 3.14. The summed E-state index contributed by atoms with van der Waals surface area (Å²) in [5.74, 6) is 0.646. The second-order valence-electron chi connectivity index (χ2n) is 4.64. The van der Waals surface area contributed by atoms with Gasteiger partial charge in [-0.1, -0.05) is 0 Å². The number of hydrogen-bond donors (Lipinski definition) is 1. The van der Waals surface area contributed by atoms with Gasteiger partial charge in [-0.2, -0.15) is 0 Å². The van der Waals surface area contributed by atoms with E-state index < -0.39 is 0 Å². The van der Waals surface area contributed by atoms with Gasteiger partial charge < -0.3 is 19.7 Å². The normalized spacial score (nSPS) is 16.4. The smallest absolute Gasteiger partial charge is 0.239 e. The van der Waals surface area contributed by atoms with Gasteiger partial charge in [0, 0.05) is 39.5 Å². The van der Waals surface area contributed by atoms with Gasteiger partial charge in [0.15, 0.2) is 0 Å². The van der Waals surface area contributed by atoms with Gasteiger partial charge in [-0.25, -0.2) is 4.98 Å². The molecule has 2 rings (SSSR count). The predicted molar refractivity (Wildman–Crippen MR) is 72.6 cm³/mol. The number of aromatic nitrogens is 1. The first-order valence-electron chi connectivity index (χ1n) is 6.27. The average Bonchev–Trinajstić information content (AvgIpc) is 2.40. The topological polar surface area (TPSA) is 46.6 Å². The molecule has 0 unspecified atom stereocenters. The van der Waals surface area contributed by atoms with Crippen molar-refractivity contribution in [3.8, 4) is 5.88 Å². The van der Waals surface area contributed by atoms with E-state index in [2.05, 4.69) is 15.2 Å². The van der Waals surface area contributed by atoms with Gasteiger partial charge in [-0.3, -0.25) is 0 Å². The molecule has 0 radical (unpaired) electrons. The molecule has 2 heterocycles. The average molecular weight is 251 g/mol. The lowest BCUT2D eigenvalue weighted by Gasteiger charge is -2.27. The Labute approximate surface area is 108 Å². The van der Waals surface area contributed by atoms with E-state index in [1.54, 1.807) is 13.3 Å². The van der Waals surface area contributed by atoms with Crippen LogP contribution in [-0.4, -0.2) is 45.4 Å². The van der Waals surface area contributed by atoms with Crippen molar-refractivity contribution in [2.75, 3.05) is 44.6 Å². The highest BCUT2D eigenvalue weighted by atomic mass is 16.5. The number of hydrogen-bond acceptors (Lipinski definition) is 5. The van der Waals surface area contributed by atoms with Crippen LogP contribution in [0.5, 0.6) is 5.88 Å². The Hall–Kier alpha value is -1.49. The fourth-order valence-electron chi connectivity index (χ4n) is 2.14. The van der Waals surface area contributed by atoms with E-state index >= 15 is 0 Å². The summed E-state index contributed by atoms with van der Waals surface area (Å²) in [5.41, 5.74) is 2.06. The number of anilines is 2. The second kappa shape index (κ2) is 5.91. The van der Waals surface area contributed by atoms with Crippen LogP contribution in [-0.2, 0) is 4.74 Å². The van der Waals surface area contributed by atoms with Crippen LogP contribution >= 0.6 is 0 Å². The van der Waals surface area contributed by atoms with Crippen LogP contribution in [0.2, 0.25) is 0 Å². The van der Waals surface area contributed by atoms with Gasteiger partial charge in [-0.05, 0) is 18.9 Å². The fourth-order valence-corrected chi connectivity index (χ4v) is 2.14. The summed E-state index contributed by atoms with van der Waals surface area (Å²) >= 11 is 0. The molecule has 5 nitrogen and oxygen atoms in total. The van der Waals surface area contributed by atoms with Crippen LogP contribution in [0.25, 0.3) is 0 Å². The highest BCUT2D eigenvalue weighted by Crippen LogP contribution is 2.33. The molecular weight excluding hydrogens is 230 g/mol. The molecule has 0 aromatic carbocycles. The summed E-state index contributed by atoms with van der Waals surface area (Å²) in [5, 5.41) is 3.54. The number of ether oxygens (including phenoxy) is 2. The summed E-state index contributed by atoms with van der Waals surface area (Å²) < 4.78 is 10.7. The van der Waals surface area contributed by atoms with Crippen molar-refractivity contribution in [2.45, 2.75) is 18.9 Å². The van der Waals surface area contributed by atoms with Crippen molar-refractivity contribution in [1.29, 1.82) is 0 Å². The van der Waals surface area contributed by atoms with Gasteiger partial charge in [0.05, 0.1) is 12.8 Å². The Morgan fingerprint density at radius 2 is 2.11 bits per heavy atom. The molecule has 0 saturated carbocycles. The number of nitrogens with one attached hydrogen (secondary N) is 1. The maximum atomic E-state index is 5.37. The minimum atomic E-state index is 0.426. The molecule has 0 spiro atoms. The monoisotopic (exact) mass is 251 g/mol. The van der Waals surface area contributed by atoms with Crippen LogP contribution in [0.15, 0.2) is 12.3 Å². The number of pyridine rings is 1. The SMILES string of the molecule is COc1nccc(N(C)C)c1NC1CCOCC1. The molecule has 0 atom stereocenters. The van der Waals surface area contributed by atoms with E-state index in [1.807, 2.05) is 20.2 Å². The largest absolute Gasteiger partial charge is 0.479 e. The first-order chi connectivity index (χ1) is 8.72. The van der Waals surface area contributed by atoms with E-state index in [0.29, 0.717) is 11.9 Å². The molecule has 0 aliphatic carbocycles. The second-order valence-corrected chi connectivity index (χ2v) is 4.64. The number of rotatable bonds is 4. The minimum Gasteiger partial charge on any atom is -0.479 e. The van der Waals surface area contributed by atoms with Gasteiger partial charge in [0.25, 0.3) is 0 Å². The maximum Gasteiger partial charge on any atom is 0.239 e. The molecule has 1 aromatic heterocycles. The molecule has 1 fully saturated rings. The Balaban J connectivity index is 2.22. The predicted octanol–water partition coefficient (Wildman–Crippen LogP) is 1.75. The van der Waals surface area contributed by atoms with Crippen LogP contribution in [0, 0.1) is 0 Å². The summed E-state index contributed by atoms with van der Waals surface area (Å²) in [6, 6.07) is 2.42. The molecule has 0 amide bonds. The Morgan fingerprint density at radius 3 is 2.72 bits per heavy atom. The molecule has 1 saturated heterocycles. The first kappa shape index (κ1) is 13.0. The standard InChI is InChI=1S/C13H21N3O2/c1-16(2)11-4-7-14-13(17-3)12(11)15-10-5-8-18-9-6-10/h4,7,10,15H,5-6,8-9H2,1-3H3. The molecule has 1 aliphatic heterocycles. The van der Waals surface area contributed by atoms with E-state index in [9.17, 15) is 0 Å². The van der Waals surface area contributed by atoms with Crippen molar-refractivity contribution < 1.29 is 9.47 Å². The van der Waals surface area contributed by atoms with Crippen LogP contribution in [0.1, 0.15) is 12.8 Å². The highest BCUT2D eigenvalue weighted by molar-refractivity contribution is 5.74. The van der Waals surface area contributed by atoms with Crippen molar-refractivity contribution in [2.24, 2.45) is 0 Å². The van der Waals surface area contributed by atoms with E-state index in [-0.39, 0.29) is 0 Å². The molecule has 1 N–H and O–H groups in total. The zero-order chi connectivity index (χ0) is 13.0. The maximum absolute atomic E-state index is 5.37. The molecule has 1 aromatic rings. The summed E-state index contributed by atoms with van der Waals surface area (Å²) in [6.07, 6.45) is 3.80. The molecule has 1 aliphatic rings. The number of nitrogens with zero attached hydrogens (tertiary/aromatic N) is 2. The number of methoxy groups -OCH3 is 1. The van der Waals surface area contributed by atoms with Crippen LogP contribution in [0.3, 0.4) is 0 Å². The van der Waals surface area contributed by atoms with E-state index in [4.69, 9.17) is 9.47 Å². The van der Waals surface area contributed by atoms with Gasteiger partial charge in [0.2, 0.25) is 5.88 Å². The zero-order valence-electron chi connectivity index (χ0n) is 11.3. The van der Waals surface area contributed by atoms with Gasteiger partial charge in [-0.15, -0.1) is 0 Å². The summed E-state index contributed by atoms with van der Waals surface area (Å²) in [6.45, 7) is 1.63. The quantitative estimate of drug-likeness (QED) is 0.883. The first-order valence-corrected chi connectivity index (χ1v) is 6.27. The van der Waals surface area contributed by atoms with Gasteiger partial charge >= 0.3 is 0 Å². The lowest BCUT2D eigenvalue weighted by Crippen LogP contribution is -2.29. The van der Waals surface area contributed by atoms with Crippen LogP contribution < -0.4 is 15.0 Å².